The third-order valence-corrected chi connectivity index (χ3v) is 5.34. The fraction of sp³-hybridized carbons (Fsp3) is 0.579. The van der Waals surface area contributed by atoms with Crippen LogP contribution in [-0.2, 0) is 11.3 Å². The molecule has 0 aliphatic carbocycles. The average Bonchev–Trinajstić information content (AvgIpc) is 3.23. The van der Waals surface area contributed by atoms with E-state index in [1.807, 2.05) is 25.1 Å². The molecule has 2 fully saturated rings. The lowest BCUT2D eigenvalue weighted by atomic mass is 9.76. The Morgan fingerprint density at radius 1 is 1.36 bits per heavy atom. The maximum absolute atomic E-state index is 6.03. The lowest BCUT2D eigenvalue weighted by Gasteiger charge is -2.38. The predicted molar refractivity (Wildman–Crippen MR) is 92.3 cm³/mol. The second-order valence-electron chi connectivity index (χ2n) is 7.34. The summed E-state index contributed by atoms with van der Waals surface area (Å²) in [5.74, 6) is 1.69. The molecule has 0 amide bonds. The van der Waals surface area contributed by atoms with Crippen LogP contribution in [0.25, 0.3) is 0 Å². The highest BCUT2D eigenvalue weighted by molar-refractivity contribution is 5.15. The van der Waals surface area contributed by atoms with Gasteiger partial charge in [0.05, 0.1) is 24.6 Å². The fourth-order valence-electron chi connectivity index (χ4n) is 3.88. The van der Waals surface area contributed by atoms with Crippen LogP contribution in [-0.4, -0.2) is 47.4 Å². The Morgan fingerprint density at radius 3 is 2.96 bits per heavy atom. The Hall–Kier alpha value is -1.92. The molecule has 2 aliphatic rings. The van der Waals surface area contributed by atoms with Crippen molar-refractivity contribution >= 4 is 0 Å². The van der Waals surface area contributed by atoms with E-state index in [-0.39, 0.29) is 6.10 Å². The molecular formula is C19H25N3O3. The number of hydrogen-bond acceptors (Lipinski definition) is 6. The van der Waals surface area contributed by atoms with Gasteiger partial charge in [-0.3, -0.25) is 9.88 Å². The number of nitrogens with zero attached hydrogens (tertiary/aromatic N) is 3. The first-order chi connectivity index (χ1) is 12.2. The van der Waals surface area contributed by atoms with Crippen LogP contribution < -0.4 is 4.74 Å². The molecular weight excluding hydrogens is 318 g/mol. The predicted octanol–water partition coefficient (Wildman–Crippen LogP) is 2.83. The highest BCUT2D eigenvalue weighted by Crippen LogP contribution is 2.42. The van der Waals surface area contributed by atoms with Crippen molar-refractivity contribution in [1.82, 2.24) is 15.0 Å². The maximum Gasteiger partial charge on any atom is 0.137 e. The molecule has 0 bridgehead atoms. The van der Waals surface area contributed by atoms with E-state index in [4.69, 9.17) is 14.0 Å². The number of hydrogen-bond donors (Lipinski definition) is 0. The summed E-state index contributed by atoms with van der Waals surface area (Å²) in [4.78, 5) is 6.53. The van der Waals surface area contributed by atoms with Crippen LogP contribution >= 0.6 is 0 Å². The molecule has 4 heterocycles. The van der Waals surface area contributed by atoms with E-state index in [1.54, 1.807) is 12.4 Å². The van der Waals surface area contributed by atoms with E-state index in [0.717, 1.165) is 49.9 Å². The minimum absolute atomic E-state index is 0.185. The Labute approximate surface area is 148 Å². The van der Waals surface area contributed by atoms with Crippen molar-refractivity contribution in [3.05, 3.63) is 42.0 Å². The van der Waals surface area contributed by atoms with Crippen molar-refractivity contribution in [2.24, 2.45) is 5.41 Å². The largest absolute Gasteiger partial charge is 0.489 e. The zero-order valence-corrected chi connectivity index (χ0v) is 14.7. The Balaban J connectivity index is 1.24. The number of aromatic nitrogens is 2. The van der Waals surface area contributed by atoms with Gasteiger partial charge in [0.15, 0.2) is 0 Å². The van der Waals surface area contributed by atoms with Crippen molar-refractivity contribution < 1.29 is 14.0 Å². The number of aryl methyl sites for hydroxylation is 1. The monoisotopic (exact) mass is 343 g/mol. The zero-order chi connectivity index (χ0) is 17.1. The molecule has 0 saturated carbocycles. The van der Waals surface area contributed by atoms with Gasteiger partial charge in [-0.2, -0.15) is 0 Å². The summed E-state index contributed by atoms with van der Waals surface area (Å²) in [5, 5.41) is 4.10. The minimum Gasteiger partial charge on any atom is -0.489 e. The number of ether oxygens (including phenoxy) is 2. The fourth-order valence-corrected chi connectivity index (χ4v) is 3.88. The Kier molecular flexibility index (Phi) is 4.72. The van der Waals surface area contributed by atoms with Gasteiger partial charge >= 0.3 is 0 Å². The molecule has 2 aromatic heterocycles. The Morgan fingerprint density at radius 2 is 2.24 bits per heavy atom. The lowest BCUT2D eigenvalue weighted by Crippen LogP contribution is -2.40. The normalized spacial score (nSPS) is 23.2. The van der Waals surface area contributed by atoms with Crippen LogP contribution in [0, 0.1) is 12.3 Å². The van der Waals surface area contributed by atoms with Gasteiger partial charge in [0.1, 0.15) is 18.1 Å². The lowest BCUT2D eigenvalue weighted by molar-refractivity contribution is 0.0467. The van der Waals surface area contributed by atoms with Gasteiger partial charge in [0.2, 0.25) is 0 Å². The smallest absolute Gasteiger partial charge is 0.137 e. The highest BCUT2D eigenvalue weighted by atomic mass is 16.5. The first-order valence-electron chi connectivity index (χ1n) is 9.00. The quantitative estimate of drug-likeness (QED) is 0.832. The van der Waals surface area contributed by atoms with E-state index in [9.17, 15) is 0 Å². The molecule has 25 heavy (non-hydrogen) atoms. The zero-order valence-electron chi connectivity index (χ0n) is 14.7. The molecule has 2 saturated heterocycles. The van der Waals surface area contributed by atoms with E-state index in [0.29, 0.717) is 12.0 Å². The molecule has 1 spiro atoms. The van der Waals surface area contributed by atoms with Crippen molar-refractivity contribution in [3.63, 3.8) is 0 Å². The van der Waals surface area contributed by atoms with E-state index in [1.165, 1.54) is 12.8 Å². The van der Waals surface area contributed by atoms with E-state index >= 15 is 0 Å². The first kappa shape index (κ1) is 16.5. The molecule has 1 atom stereocenters. The molecule has 0 aromatic carbocycles. The van der Waals surface area contributed by atoms with Crippen LogP contribution in [0.3, 0.4) is 0 Å². The summed E-state index contributed by atoms with van der Waals surface area (Å²) in [6, 6.07) is 5.84. The maximum atomic E-state index is 6.03. The van der Waals surface area contributed by atoms with Crippen molar-refractivity contribution in [2.45, 2.75) is 38.8 Å². The molecule has 0 N–H and O–H groups in total. The molecule has 6 nitrogen and oxygen atoms in total. The molecule has 2 aliphatic heterocycles. The van der Waals surface area contributed by atoms with E-state index in [2.05, 4.69) is 15.0 Å². The molecule has 0 radical (unpaired) electrons. The second kappa shape index (κ2) is 7.14. The minimum atomic E-state index is 0.185. The van der Waals surface area contributed by atoms with Gasteiger partial charge in [0.25, 0.3) is 0 Å². The van der Waals surface area contributed by atoms with Crippen LogP contribution in [0.5, 0.6) is 5.75 Å². The second-order valence-corrected chi connectivity index (χ2v) is 7.34. The Bertz CT molecular complexity index is 680. The van der Waals surface area contributed by atoms with Gasteiger partial charge in [0, 0.05) is 18.8 Å². The van der Waals surface area contributed by atoms with Gasteiger partial charge in [-0.15, -0.1) is 0 Å². The van der Waals surface area contributed by atoms with Crippen molar-refractivity contribution in [2.75, 3.05) is 26.3 Å². The first-order valence-corrected chi connectivity index (χ1v) is 9.00. The van der Waals surface area contributed by atoms with Crippen LogP contribution in [0.2, 0.25) is 0 Å². The van der Waals surface area contributed by atoms with Gasteiger partial charge in [-0.25, -0.2) is 0 Å². The molecule has 1 unspecified atom stereocenters. The number of rotatable bonds is 5. The van der Waals surface area contributed by atoms with E-state index < -0.39 is 0 Å². The number of piperidine rings is 1. The summed E-state index contributed by atoms with van der Waals surface area (Å²) in [5.41, 5.74) is 1.35. The molecule has 2 aromatic rings. The van der Waals surface area contributed by atoms with Crippen LogP contribution in [0.15, 0.2) is 35.1 Å². The average molecular weight is 343 g/mol. The SMILES string of the molecule is Cc1cc(CN2CCC3(CC2)COC(COc2cccnc2)C3)no1. The number of likely N-dealkylation sites (tertiary alicyclic amines) is 1. The molecule has 134 valence electrons. The topological polar surface area (TPSA) is 60.6 Å². The molecule has 6 heteroatoms. The summed E-state index contributed by atoms with van der Waals surface area (Å²) < 4.78 is 17.0. The highest BCUT2D eigenvalue weighted by Gasteiger charge is 2.42. The van der Waals surface area contributed by atoms with Crippen molar-refractivity contribution in [1.29, 1.82) is 0 Å². The number of pyridine rings is 1. The summed E-state index contributed by atoms with van der Waals surface area (Å²) in [6.45, 7) is 6.45. The van der Waals surface area contributed by atoms with Gasteiger partial charge in [-0.05, 0) is 56.8 Å². The molecule has 4 rings (SSSR count). The third kappa shape index (κ3) is 4.02. The van der Waals surface area contributed by atoms with Crippen molar-refractivity contribution in [3.8, 4) is 5.75 Å². The third-order valence-electron chi connectivity index (χ3n) is 5.34. The van der Waals surface area contributed by atoms with Crippen LogP contribution in [0.1, 0.15) is 30.7 Å². The van der Waals surface area contributed by atoms with Crippen LogP contribution in [0.4, 0.5) is 0 Å². The summed E-state index contributed by atoms with van der Waals surface area (Å²) >= 11 is 0. The van der Waals surface area contributed by atoms with Gasteiger partial charge in [-0.1, -0.05) is 5.16 Å². The summed E-state index contributed by atoms with van der Waals surface area (Å²) in [7, 11) is 0. The summed E-state index contributed by atoms with van der Waals surface area (Å²) in [6.07, 6.45) is 7.12. The standard InChI is InChI=1S/C19H25N3O3/c1-15-9-16(21-25-15)12-22-7-4-19(5-8-22)10-18(24-14-19)13-23-17-3-2-6-20-11-17/h2-3,6,9,11,18H,4-5,7-8,10,12-14H2,1H3. The van der Waals surface area contributed by atoms with Gasteiger partial charge < -0.3 is 14.0 Å².